The molecule has 0 aliphatic carbocycles. The molecule has 146 valence electrons. The summed E-state index contributed by atoms with van der Waals surface area (Å²) in [5.41, 5.74) is 0.497. The molecule has 2 aliphatic rings. The predicted octanol–water partition coefficient (Wildman–Crippen LogP) is 2.21. The van der Waals surface area contributed by atoms with Crippen LogP contribution in [-0.2, 0) is 33.3 Å². The second-order valence-electron chi connectivity index (χ2n) is 6.27. The lowest BCUT2D eigenvalue weighted by Gasteiger charge is -2.39. The monoisotopic (exact) mass is 396 g/mol. The first kappa shape index (κ1) is 19.5. The van der Waals surface area contributed by atoms with Gasteiger partial charge in [0.25, 0.3) is 0 Å². The van der Waals surface area contributed by atoms with Gasteiger partial charge in [0.2, 0.25) is 0 Å². The molecular weight excluding hydrogens is 376 g/mol. The molecule has 0 N–H and O–H groups in total. The van der Waals surface area contributed by atoms with Crippen LogP contribution in [0.2, 0.25) is 0 Å². The first-order chi connectivity index (χ1) is 12.8. The number of esters is 2. The zero-order chi connectivity index (χ0) is 19.6. The number of aryl methyl sites for hydroxylation is 1. The van der Waals surface area contributed by atoms with Crippen LogP contribution in [0.15, 0.2) is 29.2 Å². The lowest BCUT2D eigenvalue weighted by Crippen LogP contribution is -2.58. The highest BCUT2D eigenvalue weighted by molar-refractivity contribution is 7.99. The molecule has 1 aromatic rings. The van der Waals surface area contributed by atoms with E-state index in [0.717, 1.165) is 10.5 Å². The van der Waals surface area contributed by atoms with Crippen LogP contribution in [0.3, 0.4) is 0 Å². The number of ether oxygens (including phenoxy) is 5. The van der Waals surface area contributed by atoms with E-state index in [1.165, 1.54) is 25.6 Å². The Balaban J connectivity index is 1.83. The Morgan fingerprint density at radius 3 is 2.37 bits per heavy atom. The number of hydrogen-bond donors (Lipinski definition) is 0. The fraction of sp³-hybridized carbons (Fsp3) is 0.500. The Kier molecular flexibility index (Phi) is 5.91. The molecule has 1 aromatic carbocycles. The van der Waals surface area contributed by atoms with Gasteiger partial charge in [-0.1, -0.05) is 29.5 Å². The maximum atomic E-state index is 11.7. The molecule has 5 atom stereocenters. The summed E-state index contributed by atoms with van der Waals surface area (Å²) < 4.78 is 26.8. The minimum Gasteiger partial charge on any atom is -0.463 e. The third-order valence-corrected chi connectivity index (χ3v) is 5.24. The Morgan fingerprint density at radius 2 is 1.74 bits per heavy atom. The summed E-state index contributed by atoms with van der Waals surface area (Å²) in [5, 5.41) is 0. The molecule has 3 rings (SSSR count). The number of rotatable bonds is 5. The number of benzene rings is 1. The maximum Gasteiger partial charge on any atom is 0.509 e. The number of fused-ring (bicyclic) bond motifs is 1. The van der Waals surface area contributed by atoms with Crippen molar-refractivity contribution in [2.45, 2.75) is 55.5 Å². The first-order valence-corrected chi connectivity index (χ1v) is 9.28. The van der Waals surface area contributed by atoms with Crippen molar-refractivity contribution in [1.82, 2.24) is 0 Å². The average Bonchev–Trinajstić information content (AvgIpc) is 2.99. The summed E-state index contributed by atoms with van der Waals surface area (Å²) in [6.07, 6.45) is -4.20. The predicted molar refractivity (Wildman–Crippen MR) is 93.0 cm³/mol. The molecule has 0 amide bonds. The second kappa shape index (κ2) is 8.18. The third-order valence-electron chi connectivity index (χ3n) is 4.08. The average molecular weight is 396 g/mol. The first-order valence-electron chi connectivity index (χ1n) is 8.40. The molecule has 0 radical (unpaired) electrons. The molecule has 9 heteroatoms. The minimum absolute atomic E-state index is 0.140. The molecule has 0 unspecified atom stereocenters. The van der Waals surface area contributed by atoms with Crippen LogP contribution < -0.4 is 0 Å². The lowest BCUT2D eigenvalue weighted by atomic mass is 10.00. The molecule has 8 nitrogen and oxygen atoms in total. The third kappa shape index (κ3) is 4.72. The van der Waals surface area contributed by atoms with Crippen molar-refractivity contribution in [3.05, 3.63) is 29.8 Å². The van der Waals surface area contributed by atoms with Gasteiger partial charge in [-0.2, -0.15) is 0 Å². The van der Waals surface area contributed by atoms with E-state index in [2.05, 4.69) is 0 Å². The normalized spacial score (nSPS) is 29.3. The Hall–Kier alpha value is -2.26. The van der Waals surface area contributed by atoms with Gasteiger partial charge >= 0.3 is 18.1 Å². The standard InChI is InChI=1S/C18H20O8S/c1-9-4-6-12(7-5-9)27-17-16-15(25-18(21)26-16)14(23-11(3)20)13(24-17)8-22-10(2)19/h4-7,13-17H,8H2,1-3H3/t13-,14+,15+,16-,17+/m1/s1. The van der Waals surface area contributed by atoms with Gasteiger partial charge in [0, 0.05) is 18.7 Å². The lowest BCUT2D eigenvalue weighted by molar-refractivity contribution is -0.200. The van der Waals surface area contributed by atoms with E-state index in [0.29, 0.717) is 0 Å². The molecule has 0 bridgehead atoms. The molecule has 2 aliphatic heterocycles. The molecule has 0 saturated carbocycles. The highest BCUT2D eigenvalue weighted by atomic mass is 32.2. The molecule has 0 aromatic heterocycles. The number of hydrogen-bond acceptors (Lipinski definition) is 9. The van der Waals surface area contributed by atoms with Gasteiger partial charge in [-0.15, -0.1) is 0 Å². The summed E-state index contributed by atoms with van der Waals surface area (Å²) in [7, 11) is 0. The summed E-state index contributed by atoms with van der Waals surface area (Å²) in [5.74, 6) is -1.06. The molecule has 2 saturated heterocycles. The van der Waals surface area contributed by atoms with Crippen LogP contribution in [0.25, 0.3) is 0 Å². The summed E-state index contributed by atoms with van der Waals surface area (Å²) in [6, 6.07) is 7.76. The molecule has 2 fully saturated rings. The van der Waals surface area contributed by atoms with E-state index < -0.39 is 47.9 Å². The molecular formula is C18H20O8S. The SMILES string of the molecule is CC(=O)OC[C@H]1O[C@@H](Sc2ccc(C)cc2)[C@@H]2OC(=O)O[C@H]2[C@H]1OC(C)=O. The van der Waals surface area contributed by atoms with E-state index in [1.54, 1.807) is 0 Å². The van der Waals surface area contributed by atoms with Crippen LogP contribution in [0.1, 0.15) is 19.4 Å². The van der Waals surface area contributed by atoms with Crippen molar-refractivity contribution >= 4 is 29.9 Å². The Bertz CT molecular complexity index is 719. The highest BCUT2D eigenvalue weighted by Crippen LogP contribution is 2.40. The zero-order valence-corrected chi connectivity index (χ0v) is 15.9. The van der Waals surface area contributed by atoms with Crippen LogP contribution in [-0.4, -0.2) is 54.6 Å². The van der Waals surface area contributed by atoms with Crippen molar-refractivity contribution in [3.63, 3.8) is 0 Å². The van der Waals surface area contributed by atoms with Crippen molar-refractivity contribution in [1.29, 1.82) is 0 Å². The topological polar surface area (TPSA) is 97.4 Å². The van der Waals surface area contributed by atoms with Gasteiger partial charge in [-0.3, -0.25) is 9.59 Å². The van der Waals surface area contributed by atoms with Gasteiger partial charge in [0.15, 0.2) is 18.3 Å². The summed E-state index contributed by atoms with van der Waals surface area (Å²) in [6.45, 7) is 4.35. The fourth-order valence-corrected chi connectivity index (χ4v) is 4.01. The smallest absolute Gasteiger partial charge is 0.463 e. The van der Waals surface area contributed by atoms with Crippen molar-refractivity contribution in [2.24, 2.45) is 0 Å². The van der Waals surface area contributed by atoms with Gasteiger partial charge in [0.05, 0.1) is 0 Å². The molecule has 0 spiro atoms. The van der Waals surface area contributed by atoms with Crippen molar-refractivity contribution < 1.29 is 38.1 Å². The summed E-state index contributed by atoms with van der Waals surface area (Å²) in [4.78, 5) is 35.3. The van der Waals surface area contributed by atoms with Gasteiger partial charge in [-0.05, 0) is 19.1 Å². The quantitative estimate of drug-likeness (QED) is 0.548. The van der Waals surface area contributed by atoms with Crippen molar-refractivity contribution in [3.8, 4) is 0 Å². The van der Waals surface area contributed by atoms with E-state index in [9.17, 15) is 14.4 Å². The van der Waals surface area contributed by atoms with Crippen LogP contribution in [0, 0.1) is 6.92 Å². The minimum atomic E-state index is -0.937. The van der Waals surface area contributed by atoms with E-state index >= 15 is 0 Å². The molecule has 2 heterocycles. The zero-order valence-electron chi connectivity index (χ0n) is 15.1. The number of carbonyl (C=O) groups is 3. The van der Waals surface area contributed by atoms with Crippen molar-refractivity contribution in [2.75, 3.05) is 6.61 Å². The molecule has 27 heavy (non-hydrogen) atoms. The number of thioether (sulfide) groups is 1. The second-order valence-corrected chi connectivity index (χ2v) is 7.44. The maximum absolute atomic E-state index is 11.7. The van der Waals surface area contributed by atoms with E-state index in [1.807, 2.05) is 31.2 Å². The van der Waals surface area contributed by atoms with Crippen LogP contribution >= 0.6 is 11.8 Å². The highest BCUT2D eigenvalue weighted by Gasteiger charge is 2.56. The van der Waals surface area contributed by atoms with Gasteiger partial charge in [-0.25, -0.2) is 4.79 Å². The van der Waals surface area contributed by atoms with Gasteiger partial charge < -0.3 is 23.7 Å². The summed E-state index contributed by atoms with van der Waals surface area (Å²) >= 11 is 1.35. The van der Waals surface area contributed by atoms with Crippen LogP contribution in [0.5, 0.6) is 0 Å². The van der Waals surface area contributed by atoms with Crippen LogP contribution in [0.4, 0.5) is 4.79 Å². The number of carbonyl (C=O) groups excluding carboxylic acids is 3. The Morgan fingerprint density at radius 1 is 1.07 bits per heavy atom. The fourth-order valence-electron chi connectivity index (χ4n) is 2.90. The van der Waals surface area contributed by atoms with Gasteiger partial charge in [0.1, 0.15) is 18.1 Å². The Labute approximate surface area is 160 Å². The largest absolute Gasteiger partial charge is 0.509 e. The van der Waals surface area contributed by atoms with E-state index in [4.69, 9.17) is 23.7 Å². The van der Waals surface area contributed by atoms with E-state index in [-0.39, 0.29) is 6.61 Å².